The molecule has 4 N–H and O–H groups in total. The van der Waals surface area contributed by atoms with E-state index in [-0.39, 0.29) is 6.61 Å². The molecular formula is C13H21N3O. The highest BCUT2D eigenvalue weighted by Gasteiger charge is 1.93. The van der Waals surface area contributed by atoms with Gasteiger partial charge in [-0.25, -0.2) is 4.99 Å². The molecule has 0 bridgehead atoms. The Morgan fingerprint density at radius 3 is 2.65 bits per heavy atom. The number of unbranched alkanes of at least 4 members (excludes halogenated alkanes) is 2. The van der Waals surface area contributed by atoms with E-state index in [1.165, 1.54) is 0 Å². The van der Waals surface area contributed by atoms with Crippen LogP contribution in [0.4, 0.5) is 0 Å². The molecule has 0 fully saturated rings. The van der Waals surface area contributed by atoms with E-state index < -0.39 is 0 Å². The Kier molecular flexibility index (Phi) is 6.82. The van der Waals surface area contributed by atoms with Gasteiger partial charge in [0.2, 0.25) is 0 Å². The third-order valence-corrected chi connectivity index (χ3v) is 2.42. The fraction of sp³-hybridized carbons (Fsp3) is 0.462. The number of hydrogen-bond donors (Lipinski definition) is 3. The van der Waals surface area contributed by atoms with E-state index in [1.54, 1.807) is 0 Å². The zero-order valence-corrected chi connectivity index (χ0v) is 10.1. The van der Waals surface area contributed by atoms with Crippen molar-refractivity contribution in [2.45, 2.75) is 25.8 Å². The monoisotopic (exact) mass is 235 g/mol. The second kappa shape index (κ2) is 8.58. The van der Waals surface area contributed by atoms with E-state index in [1.807, 2.05) is 30.3 Å². The Morgan fingerprint density at radius 2 is 1.94 bits per heavy atom. The standard InChI is InChI=1S/C13H21N3O/c14-13(15-9-5-2-6-10-17)16-11-12-7-3-1-4-8-12/h1,3-4,7-8,17H,2,5-6,9-11H2,(H3,14,15,16). The molecule has 17 heavy (non-hydrogen) atoms. The van der Waals surface area contributed by atoms with Crippen LogP contribution in [-0.2, 0) is 6.54 Å². The third-order valence-electron chi connectivity index (χ3n) is 2.42. The van der Waals surface area contributed by atoms with Crippen LogP contribution in [0.3, 0.4) is 0 Å². The first kappa shape index (κ1) is 13.5. The van der Waals surface area contributed by atoms with Crippen molar-refractivity contribution in [2.75, 3.05) is 13.2 Å². The molecule has 94 valence electrons. The maximum atomic E-state index is 8.62. The molecule has 0 aromatic heterocycles. The fourth-order valence-corrected chi connectivity index (χ4v) is 1.45. The van der Waals surface area contributed by atoms with Gasteiger partial charge in [-0.1, -0.05) is 30.3 Å². The lowest BCUT2D eigenvalue weighted by Crippen LogP contribution is -2.32. The largest absolute Gasteiger partial charge is 0.396 e. The lowest BCUT2D eigenvalue weighted by atomic mass is 10.2. The van der Waals surface area contributed by atoms with Crippen LogP contribution in [0.15, 0.2) is 35.3 Å². The summed E-state index contributed by atoms with van der Waals surface area (Å²) in [4.78, 5) is 4.25. The number of guanidine groups is 1. The quantitative estimate of drug-likeness (QED) is 0.378. The van der Waals surface area contributed by atoms with Crippen LogP contribution in [0.2, 0.25) is 0 Å². The topological polar surface area (TPSA) is 70.6 Å². The lowest BCUT2D eigenvalue weighted by Gasteiger charge is -2.05. The number of hydrogen-bond acceptors (Lipinski definition) is 2. The molecule has 0 aliphatic rings. The van der Waals surface area contributed by atoms with E-state index in [9.17, 15) is 0 Å². The number of aliphatic hydroxyl groups excluding tert-OH is 1. The van der Waals surface area contributed by atoms with Crippen molar-refractivity contribution in [3.8, 4) is 0 Å². The van der Waals surface area contributed by atoms with E-state index in [2.05, 4.69) is 10.3 Å². The van der Waals surface area contributed by atoms with Crippen LogP contribution in [0.1, 0.15) is 24.8 Å². The molecule has 0 heterocycles. The van der Waals surface area contributed by atoms with Crippen LogP contribution in [0, 0.1) is 0 Å². The molecule has 1 aromatic rings. The fourth-order valence-electron chi connectivity index (χ4n) is 1.45. The molecule has 0 unspecified atom stereocenters. The molecule has 0 aliphatic heterocycles. The molecule has 0 saturated carbocycles. The van der Waals surface area contributed by atoms with Gasteiger partial charge in [-0.2, -0.15) is 0 Å². The minimum Gasteiger partial charge on any atom is -0.396 e. The lowest BCUT2D eigenvalue weighted by molar-refractivity contribution is 0.283. The number of nitrogens with two attached hydrogens (primary N) is 1. The Hall–Kier alpha value is -1.55. The van der Waals surface area contributed by atoms with Gasteiger partial charge in [-0.3, -0.25) is 0 Å². The van der Waals surface area contributed by atoms with Gasteiger partial charge in [0, 0.05) is 13.2 Å². The molecular weight excluding hydrogens is 214 g/mol. The second-order valence-electron chi connectivity index (χ2n) is 3.90. The Morgan fingerprint density at radius 1 is 1.18 bits per heavy atom. The predicted octanol–water partition coefficient (Wildman–Crippen LogP) is 1.25. The third kappa shape index (κ3) is 6.58. The number of aliphatic hydroxyl groups is 1. The molecule has 0 spiro atoms. The summed E-state index contributed by atoms with van der Waals surface area (Å²) < 4.78 is 0. The minimum absolute atomic E-state index is 0.261. The van der Waals surface area contributed by atoms with E-state index >= 15 is 0 Å². The second-order valence-corrected chi connectivity index (χ2v) is 3.90. The van der Waals surface area contributed by atoms with E-state index in [0.29, 0.717) is 12.5 Å². The Bertz CT molecular complexity index is 325. The molecule has 4 heteroatoms. The number of nitrogens with one attached hydrogen (secondary N) is 1. The van der Waals surface area contributed by atoms with Crippen LogP contribution in [0.25, 0.3) is 0 Å². The minimum atomic E-state index is 0.261. The van der Waals surface area contributed by atoms with Crippen LogP contribution < -0.4 is 11.1 Å². The summed E-state index contributed by atoms with van der Waals surface area (Å²) in [7, 11) is 0. The molecule has 0 atom stereocenters. The summed E-state index contributed by atoms with van der Waals surface area (Å²) in [6.07, 6.45) is 2.86. The van der Waals surface area contributed by atoms with Crippen molar-refractivity contribution in [1.82, 2.24) is 5.32 Å². The van der Waals surface area contributed by atoms with Crippen molar-refractivity contribution in [3.63, 3.8) is 0 Å². The first-order chi connectivity index (χ1) is 8.33. The number of rotatable bonds is 7. The van der Waals surface area contributed by atoms with Gasteiger partial charge in [0.25, 0.3) is 0 Å². The smallest absolute Gasteiger partial charge is 0.188 e. The average molecular weight is 235 g/mol. The van der Waals surface area contributed by atoms with E-state index in [4.69, 9.17) is 10.8 Å². The zero-order valence-electron chi connectivity index (χ0n) is 10.1. The molecule has 0 radical (unpaired) electrons. The van der Waals surface area contributed by atoms with Gasteiger partial charge in [-0.15, -0.1) is 0 Å². The molecule has 4 nitrogen and oxygen atoms in total. The van der Waals surface area contributed by atoms with Gasteiger partial charge < -0.3 is 16.2 Å². The van der Waals surface area contributed by atoms with Crippen molar-refractivity contribution in [2.24, 2.45) is 10.7 Å². The van der Waals surface area contributed by atoms with Crippen molar-refractivity contribution in [3.05, 3.63) is 35.9 Å². The summed E-state index contributed by atoms with van der Waals surface area (Å²) >= 11 is 0. The van der Waals surface area contributed by atoms with Gasteiger partial charge >= 0.3 is 0 Å². The average Bonchev–Trinajstić information content (AvgIpc) is 2.37. The zero-order chi connectivity index (χ0) is 12.3. The Labute approximate surface area is 103 Å². The van der Waals surface area contributed by atoms with Crippen molar-refractivity contribution < 1.29 is 5.11 Å². The summed E-state index contributed by atoms with van der Waals surface area (Å²) in [5.74, 6) is 0.484. The predicted molar refractivity (Wildman–Crippen MR) is 70.7 cm³/mol. The normalized spacial score (nSPS) is 11.5. The highest BCUT2D eigenvalue weighted by atomic mass is 16.2. The van der Waals surface area contributed by atoms with Crippen LogP contribution in [0.5, 0.6) is 0 Å². The first-order valence-electron chi connectivity index (χ1n) is 6.01. The van der Waals surface area contributed by atoms with Gasteiger partial charge in [-0.05, 0) is 24.8 Å². The summed E-state index contributed by atoms with van der Waals surface area (Å²) in [5, 5.41) is 11.7. The molecule has 0 amide bonds. The molecule has 1 aromatic carbocycles. The first-order valence-corrected chi connectivity index (χ1v) is 6.01. The van der Waals surface area contributed by atoms with Crippen molar-refractivity contribution in [1.29, 1.82) is 0 Å². The highest BCUT2D eigenvalue weighted by molar-refractivity contribution is 5.77. The van der Waals surface area contributed by atoms with Crippen LogP contribution >= 0.6 is 0 Å². The maximum Gasteiger partial charge on any atom is 0.188 e. The SMILES string of the molecule is NC(=NCc1ccccc1)NCCCCCO. The van der Waals surface area contributed by atoms with Crippen molar-refractivity contribution >= 4 is 5.96 Å². The maximum absolute atomic E-state index is 8.62. The molecule has 0 aliphatic carbocycles. The number of nitrogens with zero attached hydrogens (tertiary/aromatic N) is 1. The summed E-state index contributed by atoms with van der Waals surface area (Å²) in [6.45, 7) is 1.68. The molecule has 0 saturated heterocycles. The van der Waals surface area contributed by atoms with Gasteiger partial charge in [0.1, 0.15) is 0 Å². The highest BCUT2D eigenvalue weighted by Crippen LogP contribution is 1.99. The number of benzene rings is 1. The van der Waals surface area contributed by atoms with Crippen LogP contribution in [-0.4, -0.2) is 24.2 Å². The summed E-state index contributed by atoms with van der Waals surface area (Å²) in [5.41, 5.74) is 6.88. The summed E-state index contributed by atoms with van der Waals surface area (Å²) in [6, 6.07) is 10.0. The van der Waals surface area contributed by atoms with Gasteiger partial charge in [0.05, 0.1) is 6.54 Å². The molecule has 1 rings (SSSR count). The van der Waals surface area contributed by atoms with Gasteiger partial charge in [0.15, 0.2) is 5.96 Å². The van der Waals surface area contributed by atoms with E-state index in [0.717, 1.165) is 31.4 Å². The number of aliphatic imine (C=N–C) groups is 1. The Balaban J connectivity index is 2.17.